The van der Waals surface area contributed by atoms with E-state index in [4.69, 9.17) is 5.73 Å². The maximum atomic E-state index is 12.8. The van der Waals surface area contributed by atoms with Gasteiger partial charge in [0.2, 0.25) is 5.95 Å². The number of nitrogen functional groups attached to an aromatic ring is 1. The van der Waals surface area contributed by atoms with Crippen LogP contribution in [0, 0.1) is 0 Å². The number of nitrogens with zero attached hydrogens (tertiary/aromatic N) is 3. The molecule has 2 aromatic heterocycles. The Kier molecular flexibility index (Phi) is 3.04. The van der Waals surface area contributed by atoms with Crippen molar-refractivity contribution in [2.75, 3.05) is 5.73 Å². The summed E-state index contributed by atoms with van der Waals surface area (Å²) in [4.78, 5) is 21.4. The number of rotatable bonds is 3. The number of hydrogen-bond donors (Lipinski definition) is 2. The lowest BCUT2D eigenvalue weighted by Gasteiger charge is -2.08. The number of halogens is 1. The topological polar surface area (TPSA) is 89.1 Å². The van der Waals surface area contributed by atoms with Crippen molar-refractivity contribution in [2.24, 2.45) is 0 Å². The van der Waals surface area contributed by atoms with Crippen LogP contribution in [0.1, 0.15) is 35.6 Å². The minimum atomic E-state index is -0.112. The Morgan fingerprint density at radius 2 is 2.00 bits per heavy atom. The molecule has 22 heavy (non-hydrogen) atoms. The lowest BCUT2D eigenvalue weighted by Crippen LogP contribution is -2.23. The van der Waals surface area contributed by atoms with Crippen LogP contribution in [0.3, 0.4) is 0 Å². The highest BCUT2D eigenvalue weighted by Gasteiger charge is 2.30. The zero-order chi connectivity index (χ0) is 15.3. The Morgan fingerprint density at radius 3 is 2.68 bits per heavy atom. The number of benzene rings is 1. The molecule has 0 unspecified atom stereocenters. The van der Waals surface area contributed by atoms with Crippen LogP contribution in [0.15, 0.2) is 33.5 Å². The van der Waals surface area contributed by atoms with E-state index < -0.39 is 0 Å². The molecule has 2 heterocycles. The average Bonchev–Trinajstić information content (AvgIpc) is 3.26. The molecule has 4 rings (SSSR count). The van der Waals surface area contributed by atoms with Gasteiger partial charge in [0.25, 0.3) is 11.3 Å². The molecule has 112 valence electrons. The van der Waals surface area contributed by atoms with Gasteiger partial charge in [0.15, 0.2) is 0 Å². The molecule has 0 bridgehead atoms. The molecule has 1 aliphatic carbocycles. The fourth-order valence-corrected chi connectivity index (χ4v) is 2.91. The number of fused-ring (bicyclic) bond motifs is 1. The standard InChI is InChI=1S/C15H14BrN5O/c16-10-5-1-8(2-6-10)7-11-12(9-3-4-9)18-15-19-14(17)20-21(15)13(11)22/h1-2,5-6,9H,3-4,7H2,(H3,17,18,19,20). The fourth-order valence-electron chi connectivity index (χ4n) is 2.65. The maximum absolute atomic E-state index is 12.8. The molecule has 0 amide bonds. The van der Waals surface area contributed by atoms with E-state index in [1.807, 2.05) is 24.3 Å². The Balaban J connectivity index is 1.87. The molecule has 0 spiro atoms. The molecule has 1 aliphatic rings. The van der Waals surface area contributed by atoms with Crippen LogP contribution in [-0.2, 0) is 6.42 Å². The van der Waals surface area contributed by atoms with Crippen LogP contribution in [0.5, 0.6) is 0 Å². The molecule has 3 N–H and O–H groups in total. The van der Waals surface area contributed by atoms with Crippen LogP contribution >= 0.6 is 15.9 Å². The van der Waals surface area contributed by atoms with Gasteiger partial charge in [-0.1, -0.05) is 28.1 Å². The summed E-state index contributed by atoms with van der Waals surface area (Å²) in [5.41, 5.74) is 8.22. The SMILES string of the molecule is Nc1nc2nc(C3CC3)c(Cc3ccc(Br)cc3)c(=O)n2[nH]1. The highest BCUT2D eigenvalue weighted by molar-refractivity contribution is 9.10. The zero-order valence-corrected chi connectivity index (χ0v) is 13.3. The zero-order valence-electron chi connectivity index (χ0n) is 11.7. The number of nitrogens with two attached hydrogens (primary N) is 1. The first-order valence-corrected chi connectivity index (χ1v) is 7.92. The molecule has 0 radical (unpaired) electrons. The van der Waals surface area contributed by atoms with Crippen LogP contribution in [0.2, 0.25) is 0 Å². The van der Waals surface area contributed by atoms with Gasteiger partial charge in [0.1, 0.15) is 0 Å². The first kappa shape index (κ1) is 13.5. The van der Waals surface area contributed by atoms with Gasteiger partial charge in [0, 0.05) is 22.4 Å². The van der Waals surface area contributed by atoms with Gasteiger partial charge in [-0.15, -0.1) is 0 Å². The first-order valence-electron chi connectivity index (χ1n) is 7.13. The monoisotopic (exact) mass is 359 g/mol. The lowest BCUT2D eigenvalue weighted by molar-refractivity contribution is 0.839. The van der Waals surface area contributed by atoms with Crippen LogP contribution < -0.4 is 11.3 Å². The predicted molar refractivity (Wildman–Crippen MR) is 86.9 cm³/mol. The Labute approximate surface area is 134 Å². The van der Waals surface area contributed by atoms with Gasteiger partial charge >= 0.3 is 0 Å². The summed E-state index contributed by atoms with van der Waals surface area (Å²) in [7, 11) is 0. The van der Waals surface area contributed by atoms with Crippen molar-refractivity contribution in [1.82, 2.24) is 19.6 Å². The van der Waals surface area contributed by atoms with Crippen molar-refractivity contribution < 1.29 is 0 Å². The minimum Gasteiger partial charge on any atom is -0.368 e. The second-order valence-corrected chi connectivity index (χ2v) is 6.52. The molecular weight excluding hydrogens is 346 g/mol. The van der Waals surface area contributed by atoms with Gasteiger partial charge in [-0.05, 0) is 30.5 Å². The van der Waals surface area contributed by atoms with Crippen molar-refractivity contribution in [3.63, 3.8) is 0 Å². The van der Waals surface area contributed by atoms with Gasteiger partial charge in [-0.3, -0.25) is 9.89 Å². The molecule has 3 aromatic rings. The van der Waals surface area contributed by atoms with E-state index in [2.05, 4.69) is 31.0 Å². The summed E-state index contributed by atoms with van der Waals surface area (Å²) < 4.78 is 2.35. The third-order valence-corrected chi connectivity index (χ3v) is 4.42. The largest absolute Gasteiger partial charge is 0.368 e. The lowest BCUT2D eigenvalue weighted by atomic mass is 10.0. The molecule has 1 fully saturated rings. The second kappa shape index (κ2) is 4.95. The number of anilines is 1. The smallest absolute Gasteiger partial charge is 0.277 e. The minimum absolute atomic E-state index is 0.112. The second-order valence-electron chi connectivity index (χ2n) is 5.60. The van der Waals surface area contributed by atoms with Gasteiger partial charge in [-0.25, -0.2) is 4.98 Å². The van der Waals surface area contributed by atoms with E-state index in [1.54, 1.807) is 0 Å². The van der Waals surface area contributed by atoms with E-state index in [1.165, 1.54) is 4.52 Å². The van der Waals surface area contributed by atoms with E-state index in [9.17, 15) is 4.79 Å². The van der Waals surface area contributed by atoms with Crippen molar-refractivity contribution in [3.05, 3.63) is 55.9 Å². The third-order valence-electron chi connectivity index (χ3n) is 3.90. The summed E-state index contributed by atoms with van der Waals surface area (Å²) in [6.07, 6.45) is 2.72. The van der Waals surface area contributed by atoms with Gasteiger partial charge in [0.05, 0.1) is 5.69 Å². The number of hydrogen-bond acceptors (Lipinski definition) is 4. The normalized spacial score (nSPS) is 14.6. The number of H-pyrrole nitrogens is 1. The summed E-state index contributed by atoms with van der Waals surface area (Å²) in [6.45, 7) is 0. The highest BCUT2D eigenvalue weighted by Crippen LogP contribution is 2.40. The van der Waals surface area contributed by atoms with Crippen molar-refractivity contribution in [3.8, 4) is 0 Å². The summed E-state index contributed by atoms with van der Waals surface area (Å²) in [6, 6.07) is 7.97. The van der Waals surface area contributed by atoms with Gasteiger partial charge in [-0.2, -0.15) is 9.50 Å². The summed E-state index contributed by atoms with van der Waals surface area (Å²) in [5.74, 6) is 0.928. The quantitative estimate of drug-likeness (QED) is 0.750. The average molecular weight is 360 g/mol. The van der Waals surface area contributed by atoms with Crippen LogP contribution in [-0.4, -0.2) is 19.6 Å². The maximum Gasteiger partial charge on any atom is 0.277 e. The molecular formula is C15H14BrN5O. The molecule has 0 saturated heterocycles. The van der Waals surface area contributed by atoms with E-state index >= 15 is 0 Å². The highest BCUT2D eigenvalue weighted by atomic mass is 79.9. The molecule has 0 atom stereocenters. The molecule has 1 saturated carbocycles. The van der Waals surface area contributed by atoms with Crippen molar-refractivity contribution >= 4 is 27.7 Å². The molecule has 7 heteroatoms. The van der Waals surface area contributed by atoms with E-state index in [-0.39, 0.29) is 11.5 Å². The fraction of sp³-hybridized carbons (Fsp3) is 0.267. The first-order chi connectivity index (χ1) is 10.6. The van der Waals surface area contributed by atoms with Gasteiger partial charge < -0.3 is 5.73 Å². The molecule has 6 nitrogen and oxygen atoms in total. The number of nitrogens with one attached hydrogen (secondary N) is 1. The van der Waals surface area contributed by atoms with Crippen LogP contribution in [0.4, 0.5) is 5.95 Å². The van der Waals surface area contributed by atoms with E-state index in [0.29, 0.717) is 18.1 Å². The molecule has 0 aliphatic heterocycles. The van der Waals surface area contributed by atoms with Crippen molar-refractivity contribution in [1.29, 1.82) is 0 Å². The Morgan fingerprint density at radius 1 is 1.27 bits per heavy atom. The number of aromatic nitrogens is 4. The Hall–Kier alpha value is -2.15. The predicted octanol–water partition coefficient (Wildman–Crippen LogP) is 2.23. The van der Waals surface area contributed by atoms with Crippen molar-refractivity contribution in [2.45, 2.75) is 25.2 Å². The summed E-state index contributed by atoms with van der Waals surface area (Å²) in [5, 5.41) is 2.75. The Bertz CT molecular complexity index is 908. The van der Waals surface area contributed by atoms with E-state index in [0.717, 1.165) is 34.1 Å². The number of aromatic amines is 1. The summed E-state index contributed by atoms with van der Waals surface area (Å²) >= 11 is 3.42. The van der Waals surface area contributed by atoms with Crippen LogP contribution in [0.25, 0.3) is 5.78 Å². The third kappa shape index (κ3) is 2.31. The molecule has 1 aromatic carbocycles.